The van der Waals surface area contributed by atoms with E-state index in [0.29, 0.717) is 12.8 Å². The van der Waals surface area contributed by atoms with Crippen molar-refractivity contribution in [3.05, 3.63) is 0 Å². The van der Waals surface area contributed by atoms with Crippen molar-refractivity contribution in [1.82, 2.24) is 0 Å². The summed E-state index contributed by atoms with van der Waals surface area (Å²) in [5.74, 6) is -1.28. The lowest BCUT2D eigenvalue weighted by Crippen LogP contribution is -2.65. The van der Waals surface area contributed by atoms with Crippen molar-refractivity contribution >= 4 is 35.4 Å². The Bertz CT molecular complexity index is 1380. The van der Waals surface area contributed by atoms with Gasteiger partial charge in [0, 0.05) is 12.8 Å². The Balaban J connectivity index is 2.72. The van der Waals surface area contributed by atoms with Gasteiger partial charge in [0.05, 0.1) is 6.61 Å². The van der Waals surface area contributed by atoms with E-state index < -0.39 is 91.3 Å². The minimum Gasteiger partial charge on any atom is -0.462 e. The Morgan fingerprint density at radius 3 is 1.12 bits per heavy atom. The van der Waals surface area contributed by atoms with Crippen molar-refractivity contribution in [3.63, 3.8) is 0 Å². The lowest BCUT2D eigenvalue weighted by atomic mass is 9.85. The van der Waals surface area contributed by atoms with Crippen molar-refractivity contribution in [2.45, 2.75) is 249 Å². The van der Waals surface area contributed by atoms with Gasteiger partial charge in [0.25, 0.3) is 0 Å². The standard InChI is InChI=1S/C43H85O19P3/c1-3-5-7-9-11-13-15-17-18-20-22-24-26-28-30-32-37(45)59-35(33-57-36(44)31-29-27-25-23-21-19-16-14-12-10-8-6-4-2)34-58-65(55,56)62-41-38(46)39(47)42(60-63(49,50)51)43(40(41)48)61-64(52,53)54/h35,38-43,46-48H,3-34H2,1-2H3,(H,55,56)(H2,49,50,51)(H2,52,53,54)/t35-,38?,39?,40?,41+,42?,43+/m1/s1. The molecule has 0 saturated heterocycles. The van der Waals surface area contributed by atoms with Crippen LogP contribution in [0.25, 0.3) is 0 Å². The van der Waals surface area contributed by atoms with E-state index >= 15 is 0 Å². The maximum absolute atomic E-state index is 13.1. The monoisotopic (exact) mass is 998 g/mol. The zero-order chi connectivity index (χ0) is 48.6. The van der Waals surface area contributed by atoms with Crippen LogP contribution in [0.3, 0.4) is 0 Å². The fraction of sp³-hybridized carbons (Fsp3) is 0.953. The van der Waals surface area contributed by atoms with Crippen LogP contribution in [0.15, 0.2) is 0 Å². The summed E-state index contributed by atoms with van der Waals surface area (Å²) in [6.07, 6.45) is 15.5. The summed E-state index contributed by atoms with van der Waals surface area (Å²) >= 11 is 0. The molecule has 386 valence electrons. The van der Waals surface area contributed by atoms with Gasteiger partial charge < -0.3 is 49.3 Å². The van der Waals surface area contributed by atoms with Gasteiger partial charge in [-0.3, -0.25) is 27.7 Å². The summed E-state index contributed by atoms with van der Waals surface area (Å²) in [4.78, 5) is 73.2. The highest BCUT2D eigenvalue weighted by Crippen LogP contribution is 2.51. The molecule has 5 unspecified atom stereocenters. The number of aliphatic hydroxyl groups excluding tert-OH is 3. The van der Waals surface area contributed by atoms with Gasteiger partial charge in [-0.05, 0) is 12.8 Å². The van der Waals surface area contributed by atoms with E-state index in [9.17, 15) is 63.1 Å². The van der Waals surface area contributed by atoms with Crippen molar-refractivity contribution < 1.29 is 90.6 Å². The quantitative estimate of drug-likeness (QED) is 0.0161. The molecule has 0 amide bonds. The Hall–Kier alpha value is -0.850. The molecule has 65 heavy (non-hydrogen) atoms. The topological polar surface area (TPSA) is 303 Å². The van der Waals surface area contributed by atoms with Gasteiger partial charge >= 0.3 is 35.4 Å². The Labute approximate surface area is 387 Å². The number of phosphoric ester groups is 3. The van der Waals surface area contributed by atoms with Crippen LogP contribution >= 0.6 is 23.5 Å². The van der Waals surface area contributed by atoms with Gasteiger partial charge in [-0.2, -0.15) is 0 Å². The maximum atomic E-state index is 13.1. The fourth-order valence-corrected chi connectivity index (χ4v) is 9.86. The third-order valence-electron chi connectivity index (χ3n) is 11.4. The van der Waals surface area contributed by atoms with Gasteiger partial charge in [0.2, 0.25) is 0 Å². The predicted molar refractivity (Wildman–Crippen MR) is 243 cm³/mol. The summed E-state index contributed by atoms with van der Waals surface area (Å²) in [6, 6.07) is 0. The molecule has 0 aromatic carbocycles. The van der Waals surface area contributed by atoms with Crippen LogP contribution < -0.4 is 0 Å². The molecule has 1 aliphatic carbocycles. The van der Waals surface area contributed by atoms with Gasteiger partial charge in [-0.1, -0.05) is 181 Å². The van der Waals surface area contributed by atoms with Crippen LogP contribution in [0.1, 0.15) is 206 Å². The number of rotatable bonds is 42. The van der Waals surface area contributed by atoms with E-state index in [1.165, 1.54) is 116 Å². The normalized spacial score (nSPS) is 21.8. The van der Waals surface area contributed by atoms with Crippen LogP contribution in [0.5, 0.6) is 0 Å². The molecule has 1 saturated carbocycles. The average molecular weight is 999 g/mol. The number of carbonyl (C=O) groups excluding carboxylic acids is 2. The Morgan fingerprint density at radius 2 is 0.754 bits per heavy atom. The minimum absolute atomic E-state index is 0.00605. The first-order chi connectivity index (χ1) is 30.8. The van der Waals surface area contributed by atoms with Gasteiger partial charge in [0.1, 0.15) is 43.2 Å². The number of esters is 2. The summed E-state index contributed by atoms with van der Waals surface area (Å²) in [7, 11) is -16.6. The van der Waals surface area contributed by atoms with E-state index in [4.69, 9.17) is 18.5 Å². The highest BCUT2D eigenvalue weighted by molar-refractivity contribution is 7.47. The molecule has 8 atom stereocenters. The van der Waals surface area contributed by atoms with E-state index in [-0.39, 0.29) is 12.8 Å². The van der Waals surface area contributed by atoms with E-state index in [0.717, 1.165) is 51.4 Å². The summed E-state index contributed by atoms with van der Waals surface area (Å²) < 4.78 is 65.5. The minimum atomic E-state index is -5.59. The molecule has 0 radical (unpaired) electrons. The number of phosphoric acid groups is 3. The molecule has 1 fully saturated rings. The highest BCUT2D eigenvalue weighted by atomic mass is 31.2. The second kappa shape index (κ2) is 36.1. The largest absolute Gasteiger partial charge is 0.472 e. The summed E-state index contributed by atoms with van der Waals surface area (Å²) in [5.41, 5.74) is 0. The molecule has 0 heterocycles. The first-order valence-electron chi connectivity index (χ1n) is 24.3. The van der Waals surface area contributed by atoms with Gasteiger partial charge in [0.15, 0.2) is 6.10 Å². The molecule has 0 aliphatic heterocycles. The van der Waals surface area contributed by atoms with Crippen LogP contribution in [0.2, 0.25) is 0 Å². The molecule has 8 N–H and O–H groups in total. The molecule has 0 spiro atoms. The molecule has 1 aliphatic rings. The van der Waals surface area contributed by atoms with E-state index in [1.807, 2.05) is 0 Å². The number of ether oxygens (including phenoxy) is 2. The molecule has 22 heteroatoms. The third-order valence-corrected chi connectivity index (χ3v) is 13.4. The highest BCUT2D eigenvalue weighted by Gasteiger charge is 2.56. The maximum Gasteiger partial charge on any atom is 0.472 e. The summed E-state index contributed by atoms with van der Waals surface area (Å²) in [6.45, 7) is 2.96. The van der Waals surface area contributed by atoms with Crippen LogP contribution in [-0.2, 0) is 50.9 Å². The molecular formula is C43H85O19P3. The van der Waals surface area contributed by atoms with Crippen LogP contribution in [0.4, 0.5) is 0 Å². The number of hydrogen-bond acceptors (Lipinski definition) is 14. The number of aliphatic hydroxyl groups is 3. The van der Waals surface area contributed by atoms with Crippen LogP contribution in [0, 0.1) is 0 Å². The Morgan fingerprint density at radius 1 is 0.431 bits per heavy atom. The van der Waals surface area contributed by atoms with Gasteiger partial charge in [-0.25, -0.2) is 13.7 Å². The van der Waals surface area contributed by atoms with Gasteiger partial charge in [-0.15, -0.1) is 0 Å². The lowest BCUT2D eigenvalue weighted by Gasteiger charge is -2.44. The molecular weight excluding hydrogens is 913 g/mol. The van der Waals surface area contributed by atoms with Crippen molar-refractivity contribution in [2.75, 3.05) is 13.2 Å². The summed E-state index contributed by atoms with van der Waals surface area (Å²) in [5, 5.41) is 31.9. The molecule has 0 aromatic rings. The molecule has 0 aromatic heterocycles. The van der Waals surface area contributed by atoms with Crippen LogP contribution in [-0.4, -0.2) is 108 Å². The predicted octanol–water partition coefficient (Wildman–Crippen LogP) is 8.74. The molecule has 19 nitrogen and oxygen atoms in total. The number of unbranched alkanes of at least 4 members (excludes halogenated alkanes) is 26. The second-order valence-electron chi connectivity index (χ2n) is 17.4. The lowest BCUT2D eigenvalue weighted by molar-refractivity contribution is -0.213. The van der Waals surface area contributed by atoms with E-state index in [1.54, 1.807) is 0 Å². The zero-order valence-electron chi connectivity index (χ0n) is 39.1. The fourth-order valence-electron chi connectivity index (χ4n) is 7.76. The zero-order valence-corrected chi connectivity index (χ0v) is 41.8. The number of carbonyl (C=O) groups is 2. The van der Waals surface area contributed by atoms with Crippen molar-refractivity contribution in [2.24, 2.45) is 0 Å². The first-order valence-corrected chi connectivity index (χ1v) is 28.9. The molecule has 1 rings (SSSR count). The Kier molecular flexibility index (Phi) is 34.6. The first kappa shape index (κ1) is 62.2. The SMILES string of the molecule is CCCCCCCCCCCCCCCCCC(=O)O[C@H](COC(=O)CCCCCCCCCCCCCCC)COP(=O)(O)O[C@H]1C(O)C(O)C(OP(=O)(O)O)[C@@H](OP(=O)(O)O)C1O. The smallest absolute Gasteiger partial charge is 0.462 e. The third kappa shape index (κ3) is 32.6. The van der Waals surface area contributed by atoms with Crippen molar-refractivity contribution in [3.8, 4) is 0 Å². The average Bonchev–Trinajstić information content (AvgIpc) is 3.23. The molecule has 0 bridgehead atoms. The second-order valence-corrected chi connectivity index (χ2v) is 21.2. The number of hydrogen-bond donors (Lipinski definition) is 8. The van der Waals surface area contributed by atoms with Crippen molar-refractivity contribution in [1.29, 1.82) is 0 Å². The van der Waals surface area contributed by atoms with E-state index in [2.05, 4.69) is 22.9 Å².